The van der Waals surface area contributed by atoms with E-state index in [0.29, 0.717) is 69.4 Å². The highest BCUT2D eigenvalue weighted by atomic mass is 19.3. The van der Waals surface area contributed by atoms with Crippen LogP contribution in [0.2, 0.25) is 0 Å². The summed E-state index contributed by atoms with van der Waals surface area (Å²) in [5, 5.41) is 28.9. The molecule has 4 aromatic heterocycles. The van der Waals surface area contributed by atoms with Gasteiger partial charge in [-0.05, 0) is 69.4 Å². The highest BCUT2D eigenvalue weighted by Gasteiger charge is 2.36. The van der Waals surface area contributed by atoms with Gasteiger partial charge in [0.05, 0.1) is 72.1 Å². The third kappa shape index (κ3) is 9.13. The third-order valence-electron chi connectivity index (χ3n) is 13.6. The van der Waals surface area contributed by atoms with Gasteiger partial charge in [-0.15, -0.1) is 0 Å². The van der Waals surface area contributed by atoms with E-state index in [1.54, 1.807) is 16.9 Å². The average Bonchev–Trinajstić information content (AvgIpc) is 3.74. The minimum atomic E-state index is -2.92. The number of carbonyl (C=O) groups excluding carboxylic acids is 3. The van der Waals surface area contributed by atoms with Crippen molar-refractivity contribution in [2.75, 3.05) is 62.8 Å². The number of aliphatic hydroxyl groups is 1. The number of para-hydroxylation sites is 1. The molecule has 2 aliphatic carbocycles. The summed E-state index contributed by atoms with van der Waals surface area (Å²) in [4.78, 5) is 46.8. The number of hydrogen-bond acceptors (Lipinski definition) is 12. The van der Waals surface area contributed by atoms with Crippen molar-refractivity contribution in [3.05, 3.63) is 65.4 Å². The molecule has 7 heterocycles. The fourth-order valence-electron chi connectivity index (χ4n) is 9.92. The number of hydrogen-bond donors (Lipinski definition) is 3. The Bertz CT molecular complexity index is 2680. The van der Waals surface area contributed by atoms with Crippen LogP contribution in [0.15, 0.2) is 42.9 Å². The average molecular weight is 912 g/mol. The Labute approximate surface area is 378 Å². The van der Waals surface area contributed by atoms with Crippen LogP contribution in [0.5, 0.6) is 0 Å². The summed E-state index contributed by atoms with van der Waals surface area (Å²) in [7, 11) is 0. The van der Waals surface area contributed by atoms with Gasteiger partial charge in [0.1, 0.15) is 24.2 Å². The predicted molar refractivity (Wildman–Crippen MR) is 234 cm³/mol. The quantitative estimate of drug-likeness (QED) is 0.116. The molecular formula is C46H52F3N11O6. The Morgan fingerprint density at radius 2 is 1.86 bits per heavy atom. The molecule has 3 aliphatic heterocycles. The molecule has 3 amide bonds. The molecule has 1 unspecified atom stereocenters. The summed E-state index contributed by atoms with van der Waals surface area (Å²) in [5.74, 6) is 5.46. The van der Waals surface area contributed by atoms with Crippen molar-refractivity contribution < 1.29 is 42.1 Å². The number of rotatable bonds is 12. The number of morpholine rings is 1. The first-order valence-corrected chi connectivity index (χ1v) is 22.9. The van der Waals surface area contributed by atoms with Crippen molar-refractivity contribution in [2.45, 2.75) is 101 Å². The van der Waals surface area contributed by atoms with Gasteiger partial charge in [0.2, 0.25) is 11.8 Å². The Morgan fingerprint density at radius 1 is 1.03 bits per heavy atom. The second kappa shape index (κ2) is 18.8. The first-order valence-electron chi connectivity index (χ1n) is 22.9. The van der Waals surface area contributed by atoms with E-state index in [0.717, 1.165) is 48.7 Å². The molecule has 10 rings (SSSR count). The molecule has 1 aromatic carbocycles. The SMILES string of the molecule is O=C1CCC(c2nn(C3CC3)c3c(C#CCO[C@H]4CCN(CC5CCC(n6cc(NC(=O)c7cnn8ccc(N9CCO[C@@H](CO)C9)nc78)c(C(F)F)n6)CC5)C[C@H]4F)cccc23)C(=O)N1. The number of aromatic nitrogens is 7. The number of fused-ring (bicyclic) bond motifs is 2. The lowest BCUT2D eigenvalue weighted by atomic mass is 9.85. The molecular weight excluding hydrogens is 860 g/mol. The van der Waals surface area contributed by atoms with Gasteiger partial charge in [-0.25, -0.2) is 22.7 Å². The van der Waals surface area contributed by atoms with Crippen molar-refractivity contribution in [1.29, 1.82) is 0 Å². The Hall–Kier alpha value is -5.88. The topological polar surface area (TPSA) is 186 Å². The van der Waals surface area contributed by atoms with Gasteiger partial charge in [-0.1, -0.05) is 24.0 Å². The van der Waals surface area contributed by atoms with Gasteiger partial charge in [0.25, 0.3) is 12.3 Å². The van der Waals surface area contributed by atoms with E-state index in [-0.39, 0.29) is 73.1 Å². The number of nitrogens with one attached hydrogen (secondary N) is 2. The van der Waals surface area contributed by atoms with Crippen molar-refractivity contribution in [3.63, 3.8) is 0 Å². The summed E-state index contributed by atoms with van der Waals surface area (Å²) in [6.45, 7) is 2.98. The summed E-state index contributed by atoms with van der Waals surface area (Å²) in [6.07, 6.45) is 5.70. The number of piperidine rings is 2. The Morgan fingerprint density at radius 3 is 2.64 bits per heavy atom. The number of anilines is 2. The Kier molecular flexibility index (Phi) is 12.5. The van der Waals surface area contributed by atoms with Gasteiger partial charge >= 0.3 is 0 Å². The highest BCUT2D eigenvalue weighted by Crippen LogP contribution is 2.41. The lowest BCUT2D eigenvalue weighted by molar-refractivity contribution is -0.134. The number of imide groups is 1. The first-order chi connectivity index (χ1) is 32.1. The lowest BCUT2D eigenvalue weighted by Gasteiger charge is -2.38. The van der Waals surface area contributed by atoms with Gasteiger partial charge in [0, 0.05) is 56.9 Å². The molecule has 5 aromatic rings. The molecule has 5 aliphatic rings. The number of likely N-dealkylation sites (tertiary alicyclic amines) is 1. The van der Waals surface area contributed by atoms with Crippen LogP contribution in [0, 0.1) is 17.8 Å². The van der Waals surface area contributed by atoms with Gasteiger partial charge in [0.15, 0.2) is 11.3 Å². The van der Waals surface area contributed by atoms with Crippen molar-refractivity contribution in [3.8, 4) is 11.8 Å². The molecule has 0 radical (unpaired) electrons. The van der Waals surface area contributed by atoms with E-state index in [2.05, 4.69) is 42.6 Å². The highest BCUT2D eigenvalue weighted by molar-refractivity contribution is 6.08. The minimum Gasteiger partial charge on any atom is -0.394 e. The maximum absolute atomic E-state index is 15.6. The van der Waals surface area contributed by atoms with Crippen LogP contribution in [0.1, 0.15) is 110 Å². The zero-order valence-corrected chi connectivity index (χ0v) is 36.3. The number of halogens is 3. The van der Waals surface area contributed by atoms with Crippen LogP contribution < -0.4 is 15.5 Å². The molecule has 2 saturated carbocycles. The molecule has 66 heavy (non-hydrogen) atoms. The first kappa shape index (κ1) is 44.0. The van der Waals surface area contributed by atoms with Crippen molar-refractivity contribution in [1.82, 2.24) is 44.4 Å². The number of alkyl halides is 3. The number of aliphatic hydroxyl groups excluding tert-OH is 1. The maximum atomic E-state index is 15.6. The van der Waals surface area contributed by atoms with E-state index in [1.807, 2.05) is 27.8 Å². The van der Waals surface area contributed by atoms with Crippen LogP contribution in [-0.2, 0) is 19.1 Å². The Balaban J connectivity index is 0.712. The van der Waals surface area contributed by atoms with Crippen LogP contribution in [0.4, 0.5) is 24.7 Å². The zero-order valence-electron chi connectivity index (χ0n) is 36.3. The molecule has 3 N–H and O–H groups in total. The fourth-order valence-corrected chi connectivity index (χ4v) is 9.92. The molecule has 5 fully saturated rings. The summed E-state index contributed by atoms with van der Waals surface area (Å²) in [5.41, 5.74) is 2.08. The van der Waals surface area contributed by atoms with Crippen LogP contribution in [-0.4, -0.2) is 133 Å². The molecule has 0 spiro atoms. The number of benzene rings is 1. The van der Waals surface area contributed by atoms with Crippen molar-refractivity contribution >= 4 is 45.8 Å². The molecule has 348 valence electrons. The van der Waals surface area contributed by atoms with Crippen molar-refractivity contribution in [2.24, 2.45) is 5.92 Å². The van der Waals surface area contributed by atoms with E-state index < -0.39 is 36.2 Å². The molecule has 20 heteroatoms. The molecule has 3 saturated heterocycles. The summed E-state index contributed by atoms with van der Waals surface area (Å²) >= 11 is 0. The number of amides is 3. The summed E-state index contributed by atoms with van der Waals surface area (Å²) < 4.78 is 60.7. The van der Waals surface area contributed by atoms with Gasteiger partial charge in [-0.2, -0.15) is 15.3 Å². The second-order valence-electron chi connectivity index (χ2n) is 18.1. The summed E-state index contributed by atoms with van der Waals surface area (Å²) in [6, 6.07) is 7.61. The van der Waals surface area contributed by atoms with E-state index in [4.69, 9.17) is 14.6 Å². The number of carbonyl (C=O) groups is 3. The monoisotopic (exact) mass is 911 g/mol. The largest absolute Gasteiger partial charge is 0.394 e. The molecule has 0 bridgehead atoms. The predicted octanol–water partition coefficient (Wildman–Crippen LogP) is 4.73. The number of ether oxygens (including phenoxy) is 2. The zero-order chi connectivity index (χ0) is 45.5. The smallest absolute Gasteiger partial charge is 0.284 e. The van der Waals surface area contributed by atoms with Gasteiger partial charge in [-0.3, -0.25) is 34.0 Å². The molecule has 4 atom stereocenters. The number of nitrogens with zero attached hydrogens (tertiary/aromatic N) is 9. The minimum absolute atomic E-state index is 0.0658. The van der Waals surface area contributed by atoms with E-state index in [9.17, 15) is 28.3 Å². The van der Waals surface area contributed by atoms with Crippen LogP contribution in [0.25, 0.3) is 16.6 Å². The van der Waals surface area contributed by atoms with Crippen LogP contribution >= 0.6 is 0 Å². The lowest BCUT2D eigenvalue weighted by Crippen LogP contribution is -2.47. The standard InChI is InChI=1S/C46H52F3N11O6/c47-35-24-56(16-14-37(35)66-19-2-4-28-3-1-5-32-40(33-12-13-39(62)53-45(33)63)55-60(42(28)32)30-10-11-30)22-27-6-8-29(9-7-27)59-25-36(41(54-59)43(48)49)51-46(64)34-21-50-58-17-15-38(52-44(34)58)57-18-20-65-31(23-57)26-61/h1,3,5,15,17,21,25,27,29-31,33,35,37,43,61H,6-14,16,18-20,22-24,26H2,(H,51,64)(H,53,62,63)/t27?,29?,31-,33?,35-,37+/m1/s1. The van der Waals surface area contributed by atoms with E-state index >= 15 is 4.39 Å². The third-order valence-corrected chi connectivity index (χ3v) is 13.6. The fraction of sp³-hybridized carbons (Fsp3) is 0.543. The maximum Gasteiger partial charge on any atom is 0.284 e. The van der Waals surface area contributed by atoms with Crippen LogP contribution in [0.3, 0.4) is 0 Å². The molecule has 17 nitrogen and oxygen atoms in total. The van der Waals surface area contributed by atoms with Gasteiger partial charge < -0.3 is 24.8 Å². The normalized spacial score (nSPS) is 25.3. The van der Waals surface area contributed by atoms with E-state index in [1.165, 1.54) is 16.9 Å². The second-order valence-corrected chi connectivity index (χ2v) is 18.1.